The second-order valence-electron chi connectivity index (χ2n) is 6.64. The summed E-state index contributed by atoms with van der Waals surface area (Å²) >= 11 is 0. The Morgan fingerprint density at radius 3 is 2.67 bits per heavy atom. The Balaban J connectivity index is 1.75. The summed E-state index contributed by atoms with van der Waals surface area (Å²) < 4.78 is 36.3. The predicted octanol–water partition coefficient (Wildman–Crippen LogP) is 1.95. The van der Waals surface area contributed by atoms with Gasteiger partial charge >= 0.3 is 0 Å². The van der Waals surface area contributed by atoms with Gasteiger partial charge in [-0.1, -0.05) is 6.42 Å². The van der Waals surface area contributed by atoms with Crippen molar-refractivity contribution in [3.8, 4) is 11.5 Å². The fourth-order valence-electron chi connectivity index (χ4n) is 3.09. The van der Waals surface area contributed by atoms with Crippen LogP contribution in [0.25, 0.3) is 0 Å². The van der Waals surface area contributed by atoms with E-state index in [0.717, 1.165) is 19.1 Å². The number of nitrogens with zero attached hydrogens (tertiary/aromatic N) is 1. The SMILES string of the molecule is CC1(C)Oc2ccc(NC(=O)[C@@H]3CCCCN3S(C)(=O)=O)cc2O1. The van der Waals surface area contributed by atoms with Gasteiger partial charge in [-0.2, -0.15) is 4.31 Å². The fourth-order valence-corrected chi connectivity index (χ4v) is 4.21. The number of piperidine rings is 1. The van der Waals surface area contributed by atoms with Gasteiger partial charge in [0, 0.05) is 32.1 Å². The Morgan fingerprint density at radius 2 is 1.96 bits per heavy atom. The summed E-state index contributed by atoms with van der Waals surface area (Å²) in [5.41, 5.74) is 0.555. The van der Waals surface area contributed by atoms with E-state index in [1.807, 2.05) is 0 Å². The molecule has 0 saturated carbocycles. The van der Waals surface area contributed by atoms with E-state index in [1.54, 1.807) is 32.0 Å². The van der Waals surface area contributed by atoms with E-state index < -0.39 is 21.9 Å². The minimum absolute atomic E-state index is 0.321. The van der Waals surface area contributed by atoms with Gasteiger partial charge in [0.25, 0.3) is 0 Å². The van der Waals surface area contributed by atoms with Crippen molar-refractivity contribution in [3.05, 3.63) is 18.2 Å². The Kier molecular flexibility index (Phi) is 4.21. The van der Waals surface area contributed by atoms with E-state index in [1.165, 1.54) is 4.31 Å². The number of carbonyl (C=O) groups excluding carboxylic acids is 1. The summed E-state index contributed by atoms with van der Waals surface area (Å²) in [5, 5.41) is 2.79. The molecule has 0 spiro atoms. The first-order chi connectivity index (χ1) is 11.2. The van der Waals surface area contributed by atoms with Crippen molar-refractivity contribution in [1.29, 1.82) is 0 Å². The first kappa shape index (κ1) is 17.0. The van der Waals surface area contributed by atoms with Crippen LogP contribution < -0.4 is 14.8 Å². The number of fused-ring (bicyclic) bond motifs is 1. The first-order valence-electron chi connectivity index (χ1n) is 7.95. The molecule has 1 atom stereocenters. The molecule has 1 N–H and O–H groups in total. The van der Waals surface area contributed by atoms with Crippen LogP contribution in [0.15, 0.2) is 18.2 Å². The number of hydrogen-bond acceptors (Lipinski definition) is 5. The van der Waals surface area contributed by atoms with Crippen LogP contribution in [0.5, 0.6) is 11.5 Å². The quantitative estimate of drug-likeness (QED) is 0.897. The van der Waals surface area contributed by atoms with Gasteiger partial charge in [0.2, 0.25) is 21.7 Å². The number of hydrogen-bond donors (Lipinski definition) is 1. The lowest BCUT2D eigenvalue weighted by Gasteiger charge is -2.32. The zero-order valence-electron chi connectivity index (χ0n) is 14.0. The molecule has 1 fully saturated rings. The predicted molar refractivity (Wildman–Crippen MR) is 89.6 cm³/mol. The lowest BCUT2D eigenvalue weighted by molar-refractivity contribution is -0.120. The third-order valence-electron chi connectivity index (χ3n) is 4.11. The van der Waals surface area contributed by atoms with Crippen LogP contribution in [-0.4, -0.2) is 43.3 Å². The Hall–Kier alpha value is -1.80. The van der Waals surface area contributed by atoms with Crippen LogP contribution >= 0.6 is 0 Å². The molecule has 7 nitrogen and oxygen atoms in total. The van der Waals surface area contributed by atoms with E-state index in [2.05, 4.69) is 5.32 Å². The molecule has 1 aromatic carbocycles. The van der Waals surface area contributed by atoms with Crippen molar-refractivity contribution in [1.82, 2.24) is 4.31 Å². The van der Waals surface area contributed by atoms with E-state index in [-0.39, 0.29) is 5.91 Å². The molecule has 0 radical (unpaired) electrons. The third kappa shape index (κ3) is 3.49. The molecule has 2 aliphatic rings. The van der Waals surface area contributed by atoms with Gasteiger partial charge in [0.05, 0.1) is 6.26 Å². The highest BCUT2D eigenvalue weighted by atomic mass is 32.2. The minimum atomic E-state index is -3.41. The highest BCUT2D eigenvalue weighted by molar-refractivity contribution is 7.88. The topological polar surface area (TPSA) is 84.9 Å². The Labute approximate surface area is 142 Å². The molecule has 2 heterocycles. The normalized spacial score (nSPS) is 23.0. The van der Waals surface area contributed by atoms with Gasteiger partial charge in [-0.15, -0.1) is 0 Å². The van der Waals surface area contributed by atoms with Crippen molar-refractivity contribution in [3.63, 3.8) is 0 Å². The number of sulfonamides is 1. The molecule has 1 saturated heterocycles. The lowest BCUT2D eigenvalue weighted by atomic mass is 10.0. The van der Waals surface area contributed by atoms with Gasteiger partial charge in [-0.3, -0.25) is 4.79 Å². The Morgan fingerprint density at radius 1 is 1.25 bits per heavy atom. The lowest BCUT2D eigenvalue weighted by Crippen LogP contribution is -2.49. The van der Waals surface area contributed by atoms with Gasteiger partial charge in [-0.05, 0) is 25.0 Å². The molecular weight excluding hydrogens is 332 g/mol. The van der Waals surface area contributed by atoms with E-state index >= 15 is 0 Å². The number of benzene rings is 1. The average Bonchev–Trinajstić information content (AvgIpc) is 2.79. The zero-order valence-corrected chi connectivity index (χ0v) is 14.9. The van der Waals surface area contributed by atoms with Crippen LogP contribution in [0.2, 0.25) is 0 Å². The summed E-state index contributed by atoms with van der Waals surface area (Å²) in [6.07, 6.45) is 3.27. The Bertz CT molecular complexity index is 760. The first-order valence-corrected chi connectivity index (χ1v) is 9.80. The van der Waals surface area contributed by atoms with E-state index in [4.69, 9.17) is 9.47 Å². The van der Waals surface area contributed by atoms with Crippen molar-refractivity contribution < 1.29 is 22.7 Å². The second-order valence-corrected chi connectivity index (χ2v) is 8.58. The largest absolute Gasteiger partial charge is 0.449 e. The molecule has 0 aliphatic carbocycles. The van der Waals surface area contributed by atoms with Crippen LogP contribution in [0.3, 0.4) is 0 Å². The standard InChI is InChI=1S/C16H22N2O5S/c1-16(2)22-13-8-7-11(10-14(13)23-16)17-15(19)12-6-4-5-9-18(12)24(3,20)21/h7-8,10,12H,4-6,9H2,1-3H3,(H,17,19)/t12-/m0/s1. The van der Waals surface area contributed by atoms with Crippen LogP contribution in [0.4, 0.5) is 5.69 Å². The maximum absolute atomic E-state index is 12.6. The fraction of sp³-hybridized carbons (Fsp3) is 0.562. The zero-order chi connectivity index (χ0) is 17.5. The summed E-state index contributed by atoms with van der Waals surface area (Å²) in [6, 6.07) is 4.47. The summed E-state index contributed by atoms with van der Waals surface area (Å²) in [7, 11) is -3.41. The molecule has 0 aromatic heterocycles. The highest BCUT2D eigenvalue weighted by Gasteiger charge is 2.35. The number of amides is 1. The molecule has 0 unspecified atom stereocenters. The van der Waals surface area contributed by atoms with E-state index in [0.29, 0.717) is 30.2 Å². The molecule has 3 rings (SSSR count). The average molecular weight is 354 g/mol. The van der Waals surface area contributed by atoms with Gasteiger partial charge in [-0.25, -0.2) is 8.42 Å². The molecule has 1 amide bonds. The molecule has 1 aromatic rings. The summed E-state index contributed by atoms with van der Waals surface area (Å²) in [6.45, 7) is 3.99. The third-order valence-corrected chi connectivity index (χ3v) is 5.39. The van der Waals surface area contributed by atoms with Crippen molar-refractivity contribution in [2.45, 2.75) is 44.9 Å². The molecular formula is C16H22N2O5S. The van der Waals surface area contributed by atoms with Crippen molar-refractivity contribution in [2.75, 3.05) is 18.1 Å². The molecule has 0 bridgehead atoms. The van der Waals surface area contributed by atoms with Gasteiger partial charge in [0.1, 0.15) is 6.04 Å². The monoisotopic (exact) mass is 354 g/mol. The number of anilines is 1. The number of nitrogens with one attached hydrogen (secondary N) is 1. The van der Waals surface area contributed by atoms with Crippen molar-refractivity contribution in [2.24, 2.45) is 0 Å². The highest BCUT2D eigenvalue weighted by Crippen LogP contribution is 2.40. The van der Waals surface area contributed by atoms with Crippen LogP contribution in [0.1, 0.15) is 33.1 Å². The minimum Gasteiger partial charge on any atom is -0.449 e. The van der Waals surface area contributed by atoms with Gasteiger partial charge in [0.15, 0.2) is 11.5 Å². The van der Waals surface area contributed by atoms with Crippen LogP contribution in [-0.2, 0) is 14.8 Å². The maximum atomic E-state index is 12.6. The van der Waals surface area contributed by atoms with Crippen molar-refractivity contribution >= 4 is 21.6 Å². The number of carbonyl (C=O) groups is 1. The van der Waals surface area contributed by atoms with Crippen LogP contribution in [0, 0.1) is 0 Å². The molecule has 132 valence electrons. The molecule has 8 heteroatoms. The number of ether oxygens (including phenoxy) is 2. The second kappa shape index (κ2) is 5.93. The number of rotatable bonds is 3. The smallest absolute Gasteiger partial charge is 0.246 e. The van der Waals surface area contributed by atoms with Gasteiger partial charge < -0.3 is 14.8 Å². The summed E-state index contributed by atoms with van der Waals surface area (Å²) in [5.74, 6) is 0.120. The maximum Gasteiger partial charge on any atom is 0.246 e. The summed E-state index contributed by atoms with van der Waals surface area (Å²) in [4.78, 5) is 12.6. The molecule has 24 heavy (non-hydrogen) atoms. The van der Waals surface area contributed by atoms with E-state index in [9.17, 15) is 13.2 Å². The molecule has 2 aliphatic heterocycles.